The van der Waals surface area contributed by atoms with Crippen molar-refractivity contribution in [2.45, 2.75) is 19.4 Å². The lowest BCUT2D eigenvalue weighted by Gasteiger charge is -2.14. The lowest BCUT2D eigenvalue weighted by molar-refractivity contribution is -0.148. The SMILES string of the molecule is C[C@H](NC(=O)COC(=O)Cc1ccc(Cl)cc1Cl)c1ccccc1. The largest absolute Gasteiger partial charge is 0.455 e. The van der Waals surface area contributed by atoms with Gasteiger partial charge in [0.15, 0.2) is 6.61 Å². The maximum Gasteiger partial charge on any atom is 0.310 e. The summed E-state index contributed by atoms with van der Waals surface area (Å²) >= 11 is 11.8. The molecule has 6 heteroatoms. The molecule has 0 unspecified atom stereocenters. The number of amides is 1. The zero-order valence-electron chi connectivity index (χ0n) is 13.1. The van der Waals surface area contributed by atoms with E-state index in [1.54, 1.807) is 18.2 Å². The van der Waals surface area contributed by atoms with Gasteiger partial charge in [-0.15, -0.1) is 0 Å². The number of nitrogens with one attached hydrogen (secondary N) is 1. The number of carbonyl (C=O) groups excluding carboxylic acids is 2. The number of halogens is 2. The predicted octanol–water partition coefficient (Wildman–Crippen LogP) is 3.96. The molecule has 0 spiro atoms. The summed E-state index contributed by atoms with van der Waals surface area (Å²) in [6.07, 6.45) is -0.0163. The van der Waals surface area contributed by atoms with E-state index in [1.165, 1.54) is 0 Å². The van der Waals surface area contributed by atoms with Crippen molar-refractivity contribution in [1.82, 2.24) is 5.32 Å². The minimum Gasteiger partial charge on any atom is -0.455 e. The van der Waals surface area contributed by atoms with Gasteiger partial charge >= 0.3 is 5.97 Å². The van der Waals surface area contributed by atoms with Gasteiger partial charge in [0.25, 0.3) is 5.91 Å². The highest BCUT2D eigenvalue weighted by molar-refractivity contribution is 6.35. The van der Waals surface area contributed by atoms with Crippen LogP contribution < -0.4 is 5.32 Å². The Hall–Kier alpha value is -2.04. The molecule has 0 radical (unpaired) electrons. The number of hydrogen-bond acceptors (Lipinski definition) is 3. The standard InChI is InChI=1S/C18H17Cl2NO3/c1-12(13-5-3-2-4-6-13)21-17(22)11-24-18(23)9-14-7-8-15(19)10-16(14)20/h2-8,10,12H,9,11H2,1H3,(H,21,22)/t12-/m0/s1. The van der Waals surface area contributed by atoms with Crippen molar-refractivity contribution in [3.8, 4) is 0 Å². The van der Waals surface area contributed by atoms with Gasteiger partial charge in [-0.3, -0.25) is 9.59 Å². The minimum absolute atomic E-state index is 0.0163. The number of hydrogen-bond donors (Lipinski definition) is 1. The molecule has 126 valence electrons. The molecule has 1 N–H and O–H groups in total. The molecule has 24 heavy (non-hydrogen) atoms. The summed E-state index contributed by atoms with van der Waals surface area (Å²) in [5.41, 5.74) is 1.58. The Morgan fingerprint density at radius 2 is 1.83 bits per heavy atom. The van der Waals surface area contributed by atoms with Crippen LogP contribution in [0.1, 0.15) is 24.1 Å². The minimum atomic E-state index is -0.526. The van der Waals surface area contributed by atoms with E-state index in [1.807, 2.05) is 37.3 Å². The van der Waals surface area contributed by atoms with Gasteiger partial charge in [-0.05, 0) is 30.2 Å². The van der Waals surface area contributed by atoms with Gasteiger partial charge < -0.3 is 10.1 Å². The Balaban J connectivity index is 1.80. The number of esters is 1. The summed E-state index contributed by atoms with van der Waals surface area (Å²) in [5, 5.41) is 3.66. The second-order valence-corrected chi connectivity index (χ2v) is 6.12. The van der Waals surface area contributed by atoms with Crippen LogP contribution in [-0.4, -0.2) is 18.5 Å². The average Bonchev–Trinajstić information content (AvgIpc) is 2.56. The van der Waals surface area contributed by atoms with Crippen molar-refractivity contribution in [1.29, 1.82) is 0 Å². The Morgan fingerprint density at radius 3 is 2.50 bits per heavy atom. The van der Waals surface area contributed by atoms with Gasteiger partial charge in [0.1, 0.15) is 0 Å². The van der Waals surface area contributed by atoms with Crippen molar-refractivity contribution >= 4 is 35.1 Å². The molecule has 4 nitrogen and oxygen atoms in total. The summed E-state index contributed by atoms with van der Waals surface area (Å²) in [4.78, 5) is 23.7. The van der Waals surface area contributed by atoms with Gasteiger partial charge in [0, 0.05) is 10.0 Å². The van der Waals surface area contributed by atoms with E-state index >= 15 is 0 Å². The summed E-state index contributed by atoms with van der Waals surface area (Å²) in [5.74, 6) is -0.886. The lowest BCUT2D eigenvalue weighted by Crippen LogP contribution is -2.31. The molecule has 2 aromatic carbocycles. The van der Waals surface area contributed by atoms with Gasteiger partial charge in [-0.1, -0.05) is 59.6 Å². The highest BCUT2D eigenvalue weighted by atomic mass is 35.5. The van der Waals surface area contributed by atoms with Crippen LogP contribution in [0.4, 0.5) is 0 Å². The zero-order chi connectivity index (χ0) is 17.5. The first kappa shape index (κ1) is 18.3. The Labute approximate surface area is 150 Å². The quantitative estimate of drug-likeness (QED) is 0.788. The van der Waals surface area contributed by atoms with Gasteiger partial charge in [0.2, 0.25) is 0 Å². The lowest BCUT2D eigenvalue weighted by atomic mass is 10.1. The number of benzene rings is 2. The second kappa shape index (κ2) is 8.71. The monoisotopic (exact) mass is 365 g/mol. The summed E-state index contributed by atoms with van der Waals surface area (Å²) in [7, 11) is 0. The van der Waals surface area contributed by atoms with E-state index in [9.17, 15) is 9.59 Å². The molecule has 0 bridgehead atoms. The molecule has 0 aliphatic carbocycles. The summed E-state index contributed by atoms with van der Waals surface area (Å²) in [6.45, 7) is 1.53. The van der Waals surface area contributed by atoms with E-state index < -0.39 is 5.97 Å². The molecule has 2 rings (SSSR count). The predicted molar refractivity (Wildman–Crippen MR) is 94.1 cm³/mol. The van der Waals surface area contributed by atoms with Crippen molar-refractivity contribution in [3.05, 3.63) is 69.7 Å². The fourth-order valence-corrected chi connectivity index (χ4v) is 2.60. The summed E-state index contributed by atoms with van der Waals surface area (Å²) in [6, 6.07) is 14.2. The van der Waals surface area contributed by atoms with E-state index in [-0.39, 0.29) is 25.0 Å². The van der Waals surface area contributed by atoms with Gasteiger partial charge in [-0.2, -0.15) is 0 Å². The third-order valence-electron chi connectivity index (χ3n) is 3.39. The zero-order valence-corrected chi connectivity index (χ0v) is 14.6. The highest BCUT2D eigenvalue weighted by Gasteiger charge is 2.13. The van der Waals surface area contributed by atoms with Crippen LogP contribution in [-0.2, 0) is 20.7 Å². The second-order valence-electron chi connectivity index (χ2n) is 5.27. The molecule has 0 saturated heterocycles. The Morgan fingerprint density at radius 1 is 1.12 bits per heavy atom. The topological polar surface area (TPSA) is 55.4 Å². The molecule has 1 amide bonds. The molecule has 0 aromatic heterocycles. The first-order valence-corrected chi connectivity index (χ1v) is 8.15. The normalized spacial score (nSPS) is 11.6. The Bertz CT molecular complexity index is 719. The molecule has 0 saturated carbocycles. The first-order valence-electron chi connectivity index (χ1n) is 7.39. The maximum absolute atomic E-state index is 11.9. The van der Waals surface area contributed by atoms with Crippen molar-refractivity contribution in [3.63, 3.8) is 0 Å². The molecule has 0 aliphatic rings. The molecule has 1 atom stereocenters. The highest BCUT2D eigenvalue weighted by Crippen LogP contribution is 2.21. The first-order chi connectivity index (χ1) is 11.5. The number of rotatable bonds is 6. The van der Waals surface area contributed by atoms with Crippen molar-refractivity contribution < 1.29 is 14.3 Å². The molecular weight excluding hydrogens is 349 g/mol. The molecular formula is C18H17Cl2NO3. The molecule has 0 fully saturated rings. The van der Waals surface area contributed by atoms with Gasteiger partial charge in [-0.25, -0.2) is 0 Å². The number of ether oxygens (including phenoxy) is 1. The average molecular weight is 366 g/mol. The fourth-order valence-electron chi connectivity index (χ4n) is 2.13. The van der Waals surface area contributed by atoms with Crippen LogP contribution in [0, 0.1) is 0 Å². The summed E-state index contributed by atoms with van der Waals surface area (Å²) < 4.78 is 4.99. The van der Waals surface area contributed by atoms with Crippen LogP contribution in [0.2, 0.25) is 10.0 Å². The smallest absolute Gasteiger partial charge is 0.310 e. The third kappa shape index (κ3) is 5.55. The van der Waals surface area contributed by atoms with E-state index in [2.05, 4.69) is 5.32 Å². The van der Waals surface area contributed by atoms with Crippen LogP contribution in [0.5, 0.6) is 0 Å². The molecule has 0 aliphatic heterocycles. The maximum atomic E-state index is 11.9. The third-order valence-corrected chi connectivity index (χ3v) is 3.98. The van der Waals surface area contributed by atoms with Crippen molar-refractivity contribution in [2.75, 3.05) is 6.61 Å². The van der Waals surface area contributed by atoms with Gasteiger partial charge in [0.05, 0.1) is 12.5 Å². The number of carbonyl (C=O) groups is 2. The van der Waals surface area contributed by atoms with E-state index in [4.69, 9.17) is 27.9 Å². The van der Waals surface area contributed by atoms with Crippen LogP contribution in [0.3, 0.4) is 0 Å². The Kier molecular flexibility index (Phi) is 6.64. The van der Waals surface area contributed by atoms with E-state index in [0.29, 0.717) is 15.6 Å². The van der Waals surface area contributed by atoms with Crippen LogP contribution in [0.15, 0.2) is 48.5 Å². The molecule has 2 aromatic rings. The fraction of sp³-hybridized carbons (Fsp3) is 0.222. The van der Waals surface area contributed by atoms with Crippen LogP contribution >= 0.6 is 23.2 Å². The van der Waals surface area contributed by atoms with Crippen LogP contribution in [0.25, 0.3) is 0 Å². The van der Waals surface area contributed by atoms with E-state index in [0.717, 1.165) is 5.56 Å². The molecule has 0 heterocycles. The van der Waals surface area contributed by atoms with Crippen molar-refractivity contribution in [2.24, 2.45) is 0 Å².